The summed E-state index contributed by atoms with van der Waals surface area (Å²) >= 11 is 0. The molecule has 5 rings (SSSR count). The third kappa shape index (κ3) is 0.556. The summed E-state index contributed by atoms with van der Waals surface area (Å²) in [6.45, 7) is 0. The topological polar surface area (TPSA) is 35.3 Å². The molecule has 2 aliphatic rings. The molecule has 3 heterocycles. The van der Waals surface area contributed by atoms with Crippen molar-refractivity contribution in [1.82, 2.24) is 5.16 Å². The molecule has 0 saturated carbocycles. The maximum Gasteiger partial charge on any atom is 0.210 e. The summed E-state index contributed by atoms with van der Waals surface area (Å²) in [5.74, 6) is 1.66. The van der Waals surface area contributed by atoms with Crippen LogP contribution in [0, 0.1) is 0 Å². The van der Waals surface area contributed by atoms with Crippen molar-refractivity contribution in [3.8, 4) is 11.5 Å². The smallest absolute Gasteiger partial charge is 0.210 e. The number of ether oxygens (including phenoxy) is 1. The van der Waals surface area contributed by atoms with Crippen LogP contribution in [0.25, 0.3) is 21.7 Å². The SMILES string of the molecule is c1cc2c3c(c1)cc(c1oncc13)O2. The van der Waals surface area contributed by atoms with Crippen LogP contribution in [0.2, 0.25) is 0 Å². The summed E-state index contributed by atoms with van der Waals surface area (Å²) in [5, 5.41) is 7.11. The van der Waals surface area contributed by atoms with Gasteiger partial charge in [-0.05, 0) is 17.5 Å². The second-order valence-corrected chi connectivity index (χ2v) is 3.40. The molecule has 0 amide bonds. The lowest BCUT2D eigenvalue weighted by atomic mass is 10.0. The van der Waals surface area contributed by atoms with E-state index in [1.54, 1.807) is 6.20 Å². The maximum atomic E-state index is 5.62. The minimum atomic E-state index is 0.746. The van der Waals surface area contributed by atoms with Crippen LogP contribution in [-0.2, 0) is 0 Å². The fraction of sp³-hybridized carbons (Fsp3) is 0. The molecule has 3 heteroatoms. The Bertz CT molecular complexity index is 669. The number of benzene rings is 2. The Hall–Kier alpha value is -2.03. The standard InChI is InChI=1S/C11H5NO2/c1-2-6-4-9-11-7(5-12-14-11)10(6)8(3-1)13-9/h1-5H. The zero-order valence-electron chi connectivity index (χ0n) is 7.15. The molecule has 0 spiro atoms. The van der Waals surface area contributed by atoms with Gasteiger partial charge in [0.2, 0.25) is 5.58 Å². The summed E-state index contributed by atoms with van der Waals surface area (Å²) in [6, 6.07) is 7.99. The molecule has 3 aromatic rings. The molecule has 0 N–H and O–H groups in total. The first-order valence-electron chi connectivity index (χ1n) is 4.41. The number of rotatable bonds is 0. The minimum Gasteiger partial charge on any atom is -0.453 e. The molecule has 0 atom stereocenters. The Morgan fingerprint density at radius 1 is 1.14 bits per heavy atom. The van der Waals surface area contributed by atoms with Crippen molar-refractivity contribution in [3.63, 3.8) is 0 Å². The van der Waals surface area contributed by atoms with E-state index < -0.39 is 0 Å². The molecule has 14 heavy (non-hydrogen) atoms. The highest BCUT2D eigenvalue weighted by atomic mass is 16.5. The van der Waals surface area contributed by atoms with Crippen LogP contribution in [0.4, 0.5) is 0 Å². The van der Waals surface area contributed by atoms with Crippen molar-refractivity contribution < 1.29 is 9.26 Å². The van der Waals surface area contributed by atoms with Crippen molar-refractivity contribution in [3.05, 3.63) is 30.5 Å². The summed E-state index contributed by atoms with van der Waals surface area (Å²) < 4.78 is 10.7. The predicted molar refractivity (Wildman–Crippen MR) is 51.6 cm³/mol. The fourth-order valence-electron chi connectivity index (χ4n) is 2.04. The highest BCUT2D eigenvalue weighted by Crippen LogP contribution is 2.45. The zero-order valence-corrected chi connectivity index (χ0v) is 7.15. The molecule has 0 fully saturated rings. The molecule has 66 valence electrons. The minimum absolute atomic E-state index is 0.746. The molecule has 0 radical (unpaired) electrons. The first-order chi connectivity index (χ1) is 6.93. The number of nitrogens with zero attached hydrogens (tertiary/aromatic N) is 1. The lowest BCUT2D eigenvalue weighted by Crippen LogP contribution is -1.93. The van der Waals surface area contributed by atoms with E-state index in [1.807, 2.05) is 18.2 Å². The average Bonchev–Trinajstić information content (AvgIpc) is 2.66. The van der Waals surface area contributed by atoms with Crippen LogP contribution in [0.1, 0.15) is 0 Å². The molecule has 0 aliphatic carbocycles. The van der Waals surface area contributed by atoms with Crippen LogP contribution < -0.4 is 4.74 Å². The van der Waals surface area contributed by atoms with Crippen LogP contribution >= 0.6 is 0 Å². The van der Waals surface area contributed by atoms with Crippen LogP contribution in [0.5, 0.6) is 11.5 Å². The fourth-order valence-corrected chi connectivity index (χ4v) is 2.04. The molecule has 2 aromatic carbocycles. The van der Waals surface area contributed by atoms with Crippen LogP contribution in [0.3, 0.4) is 0 Å². The van der Waals surface area contributed by atoms with E-state index in [-0.39, 0.29) is 0 Å². The van der Waals surface area contributed by atoms with Gasteiger partial charge < -0.3 is 9.26 Å². The van der Waals surface area contributed by atoms with E-state index in [9.17, 15) is 0 Å². The lowest BCUT2D eigenvalue weighted by molar-refractivity contribution is 0.427. The third-order valence-corrected chi connectivity index (χ3v) is 2.63. The van der Waals surface area contributed by atoms with E-state index in [4.69, 9.17) is 9.26 Å². The van der Waals surface area contributed by atoms with Crippen molar-refractivity contribution in [2.45, 2.75) is 0 Å². The number of hydrogen-bond acceptors (Lipinski definition) is 3. The predicted octanol–water partition coefficient (Wildman–Crippen LogP) is 3.09. The van der Waals surface area contributed by atoms with E-state index in [2.05, 4.69) is 11.2 Å². The number of aromatic nitrogens is 1. The van der Waals surface area contributed by atoms with Gasteiger partial charge in [-0.1, -0.05) is 17.3 Å². The van der Waals surface area contributed by atoms with Crippen molar-refractivity contribution in [2.24, 2.45) is 0 Å². The van der Waals surface area contributed by atoms with Gasteiger partial charge >= 0.3 is 0 Å². The summed E-state index contributed by atoms with van der Waals surface area (Å²) in [4.78, 5) is 0. The molecule has 4 bridgehead atoms. The van der Waals surface area contributed by atoms with E-state index in [1.165, 1.54) is 5.39 Å². The van der Waals surface area contributed by atoms with Crippen molar-refractivity contribution in [2.75, 3.05) is 0 Å². The highest BCUT2D eigenvalue weighted by Gasteiger charge is 2.21. The van der Waals surface area contributed by atoms with Gasteiger partial charge in [0.1, 0.15) is 5.75 Å². The Balaban J connectivity index is 2.49. The lowest BCUT2D eigenvalue weighted by Gasteiger charge is -2.16. The Labute approximate surface area is 78.9 Å². The average molecular weight is 183 g/mol. The largest absolute Gasteiger partial charge is 0.453 e. The Kier molecular flexibility index (Phi) is 0.871. The van der Waals surface area contributed by atoms with Gasteiger partial charge in [0.25, 0.3) is 0 Å². The van der Waals surface area contributed by atoms with Gasteiger partial charge in [0, 0.05) is 5.39 Å². The molecule has 2 aliphatic heterocycles. The van der Waals surface area contributed by atoms with Crippen LogP contribution in [0.15, 0.2) is 35.0 Å². The summed E-state index contributed by atoms with van der Waals surface area (Å²) in [6.07, 6.45) is 1.74. The van der Waals surface area contributed by atoms with Crippen molar-refractivity contribution in [1.29, 1.82) is 0 Å². The molecule has 1 aromatic heterocycles. The van der Waals surface area contributed by atoms with E-state index in [0.717, 1.165) is 27.9 Å². The van der Waals surface area contributed by atoms with Crippen LogP contribution in [-0.4, -0.2) is 5.16 Å². The van der Waals surface area contributed by atoms with Gasteiger partial charge in [0.05, 0.1) is 11.6 Å². The second-order valence-electron chi connectivity index (χ2n) is 3.40. The second kappa shape index (κ2) is 1.90. The Morgan fingerprint density at radius 2 is 2.14 bits per heavy atom. The molecular formula is C11H5NO2. The molecule has 3 nitrogen and oxygen atoms in total. The molecular weight excluding hydrogens is 178 g/mol. The monoisotopic (exact) mass is 183 g/mol. The van der Waals surface area contributed by atoms with Gasteiger partial charge in [0.15, 0.2) is 5.75 Å². The highest BCUT2D eigenvalue weighted by molar-refractivity contribution is 6.13. The first-order valence-corrected chi connectivity index (χ1v) is 4.41. The van der Waals surface area contributed by atoms with E-state index in [0.29, 0.717) is 0 Å². The maximum absolute atomic E-state index is 5.62. The zero-order chi connectivity index (χ0) is 9.12. The van der Waals surface area contributed by atoms with Gasteiger partial charge in [-0.2, -0.15) is 0 Å². The molecule has 0 saturated heterocycles. The normalized spacial score (nSPS) is 12.9. The van der Waals surface area contributed by atoms with Gasteiger partial charge in [-0.25, -0.2) is 0 Å². The van der Waals surface area contributed by atoms with E-state index >= 15 is 0 Å². The molecule has 0 unspecified atom stereocenters. The van der Waals surface area contributed by atoms with Crippen molar-refractivity contribution >= 4 is 21.7 Å². The number of hydrogen-bond donors (Lipinski definition) is 0. The Morgan fingerprint density at radius 3 is 3.07 bits per heavy atom. The third-order valence-electron chi connectivity index (χ3n) is 2.63. The first kappa shape index (κ1) is 6.43. The van der Waals surface area contributed by atoms with Gasteiger partial charge in [-0.3, -0.25) is 0 Å². The summed E-state index contributed by atoms with van der Waals surface area (Å²) in [7, 11) is 0. The quantitative estimate of drug-likeness (QED) is 0.420. The summed E-state index contributed by atoms with van der Waals surface area (Å²) in [5.41, 5.74) is 0.746. The van der Waals surface area contributed by atoms with Gasteiger partial charge in [-0.15, -0.1) is 0 Å².